The Morgan fingerprint density at radius 1 is 1.25 bits per heavy atom. The lowest BCUT2D eigenvalue weighted by molar-refractivity contribution is 0.510. The van der Waals surface area contributed by atoms with Crippen molar-refractivity contribution in [2.75, 3.05) is 0 Å². The van der Waals surface area contributed by atoms with E-state index in [9.17, 15) is 0 Å². The van der Waals surface area contributed by atoms with Gasteiger partial charge in [0.25, 0.3) is 0 Å². The molecule has 1 atom stereocenters. The molecule has 0 saturated carbocycles. The van der Waals surface area contributed by atoms with Crippen LogP contribution in [0, 0.1) is 6.92 Å². The number of nitrogens with zero attached hydrogens (tertiary/aromatic N) is 1. The number of aryl methyl sites for hydroxylation is 1. The Morgan fingerprint density at radius 2 is 2.10 bits per heavy atom. The minimum absolute atomic E-state index is 0.00103. The lowest BCUT2D eigenvalue weighted by Gasteiger charge is -2.13. The van der Waals surface area contributed by atoms with Gasteiger partial charge in [0, 0.05) is 23.1 Å². The minimum atomic E-state index is 0.00103. The van der Waals surface area contributed by atoms with Gasteiger partial charge in [-0.3, -0.25) is 16.3 Å². The SMILES string of the molecule is Cc1cc(C(Cc2ccc3ccccc3n2)NN)co1. The average molecular weight is 267 g/mol. The Labute approximate surface area is 117 Å². The fraction of sp³-hybridized carbons (Fsp3) is 0.188. The molecule has 0 aliphatic carbocycles. The van der Waals surface area contributed by atoms with Gasteiger partial charge in [-0.2, -0.15) is 0 Å². The summed E-state index contributed by atoms with van der Waals surface area (Å²) in [7, 11) is 0. The van der Waals surface area contributed by atoms with Crippen molar-refractivity contribution in [2.45, 2.75) is 19.4 Å². The Hall–Kier alpha value is -2.17. The molecule has 4 nitrogen and oxygen atoms in total. The summed E-state index contributed by atoms with van der Waals surface area (Å²) < 4.78 is 5.34. The first-order valence-electron chi connectivity index (χ1n) is 6.62. The number of pyridine rings is 1. The number of aromatic nitrogens is 1. The fourth-order valence-corrected chi connectivity index (χ4v) is 2.35. The van der Waals surface area contributed by atoms with Crippen molar-refractivity contribution in [3.05, 3.63) is 65.7 Å². The third-order valence-corrected chi connectivity index (χ3v) is 3.42. The van der Waals surface area contributed by atoms with Crippen LogP contribution in [0.4, 0.5) is 0 Å². The maximum atomic E-state index is 5.66. The molecule has 20 heavy (non-hydrogen) atoms. The van der Waals surface area contributed by atoms with Crippen LogP contribution in [0.3, 0.4) is 0 Å². The first-order valence-corrected chi connectivity index (χ1v) is 6.62. The highest BCUT2D eigenvalue weighted by Crippen LogP contribution is 2.20. The molecule has 2 aromatic heterocycles. The molecule has 0 aliphatic rings. The van der Waals surface area contributed by atoms with Gasteiger partial charge in [-0.1, -0.05) is 24.3 Å². The predicted molar refractivity (Wildman–Crippen MR) is 79.0 cm³/mol. The fourth-order valence-electron chi connectivity index (χ4n) is 2.35. The summed E-state index contributed by atoms with van der Waals surface area (Å²) in [6.45, 7) is 1.92. The van der Waals surface area contributed by atoms with E-state index < -0.39 is 0 Å². The minimum Gasteiger partial charge on any atom is -0.469 e. The number of benzene rings is 1. The van der Waals surface area contributed by atoms with Crippen molar-refractivity contribution in [3.8, 4) is 0 Å². The average Bonchev–Trinajstić information content (AvgIpc) is 2.91. The van der Waals surface area contributed by atoms with Crippen molar-refractivity contribution in [3.63, 3.8) is 0 Å². The van der Waals surface area contributed by atoms with Crippen LogP contribution in [-0.4, -0.2) is 4.98 Å². The number of furan rings is 1. The Bertz CT molecular complexity index is 720. The molecular formula is C16H17N3O. The van der Waals surface area contributed by atoms with Crippen LogP contribution >= 0.6 is 0 Å². The second-order valence-corrected chi connectivity index (χ2v) is 4.91. The van der Waals surface area contributed by atoms with Gasteiger partial charge in [-0.15, -0.1) is 0 Å². The molecule has 0 saturated heterocycles. The lowest BCUT2D eigenvalue weighted by Crippen LogP contribution is -2.29. The van der Waals surface area contributed by atoms with E-state index in [0.29, 0.717) is 0 Å². The van der Waals surface area contributed by atoms with E-state index in [2.05, 4.69) is 22.5 Å². The van der Waals surface area contributed by atoms with E-state index >= 15 is 0 Å². The first kappa shape index (κ1) is 12.8. The van der Waals surface area contributed by atoms with Gasteiger partial charge in [0.2, 0.25) is 0 Å². The van der Waals surface area contributed by atoms with Crippen LogP contribution in [0.5, 0.6) is 0 Å². The summed E-state index contributed by atoms with van der Waals surface area (Å²) in [5.74, 6) is 6.54. The third kappa shape index (κ3) is 2.57. The maximum absolute atomic E-state index is 5.66. The molecule has 3 aromatic rings. The zero-order valence-electron chi connectivity index (χ0n) is 11.3. The van der Waals surface area contributed by atoms with Crippen LogP contribution in [-0.2, 0) is 6.42 Å². The van der Waals surface area contributed by atoms with Crippen LogP contribution < -0.4 is 11.3 Å². The second kappa shape index (κ2) is 5.45. The second-order valence-electron chi connectivity index (χ2n) is 4.91. The Balaban J connectivity index is 1.87. The largest absolute Gasteiger partial charge is 0.469 e. The van der Waals surface area contributed by atoms with Crippen LogP contribution in [0.15, 0.2) is 53.1 Å². The molecule has 0 fully saturated rings. The predicted octanol–water partition coefficient (Wildman–Crippen LogP) is 2.88. The van der Waals surface area contributed by atoms with Gasteiger partial charge in [0.05, 0.1) is 17.8 Å². The van der Waals surface area contributed by atoms with Gasteiger partial charge >= 0.3 is 0 Å². The summed E-state index contributed by atoms with van der Waals surface area (Å²) in [4.78, 5) is 4.67. The van der Waals surface area contributed by atoms with Gasteiger partial charge in [0.1, 0.15) is 5.76 Å². The van der Waals surface area contributed by atoms with Crippen molar-refractivity contribution < 1.29 is 4.42 Å². The smallest absolute Gasteiger partial charge is 0.101 e. The van der Waals surface area contributed by atoms with Crippen LogP contribution in [0.1, 0.15) is 23.1 Å². The quantitative estimate of drug-likeness (QED) is 0.563. The van der Waals surface area contributed by atoms with E-state index in [1.165, 1.54) is 0 Å². The molecule has 3 rings (SSSR count). The van der Waals surface area contributed by atoms with Gasteiger partial charge in [0.15, 0.2) is 0 Å². The molecule has 0 aliphatic heterocycles. The van der Waals surface area contributed by atoms with E-state index in [4.69, 9.17) is 10.3 Å². The number of para-hydroxylation sites is 1. The van der Waals surface area contributed by atoms with E-state index in [0.717, 1.165) is 34.3 Å². The topological polar surface area (TPSA) is 64.1 Å². The zero-order chi connectivity index (χ0) is 13.9. The molecule has 0 spiro atoms. The van der Waals surface area contributed by atoms with Crippen molar-refractivity contribution in [1.82, 2.24) is 10.4 Å². The maximum Gasteiger partial charge on any atom is 0.101 e. The monoisotopic (exact) mass is 267 g/mol. The molecule has 102 valence electrons. The highest BCUT2D eigenvalue weighted by Gasteiger charge is 2.13. The normalized spacial score (nSPS) is 12.7. The van der Waals surface area contributed by atoms with Crippen molar-refractivity contribution in [2.24, 2.45) is 5.84 Å². The van der Waals surface area contributed by atoms with E-state index in [1.807, 2.05) is 37.3 Å². The summed E-state index contributed by atoms with van der Waals surface area (Å²) in [5, 5.41) is 1.15. The summed E-state index contributed by atoms with van der Waals surface area (Å²) in [6, 6.07) is 14.2. The molecule has 1 unspecified atom stereocenters. The molecular weight excluding hydrogens is 250 g/mol. The molecule has 0 radical (unpaired) electrons. The summed E-state index contributed by atoms with van der Waals surface area (Å²) >= 11 is 0. The van der Waals surface area contributed by atoms with E-state index in [-0.39, 0.29) is 6.04 Å². The molecule has 3 N–H and O–H groups in total. The van der Waals surface area contributed by atoms with E-state index in [1.54, 1.807) is 6.26 Å². The van der Waals surface area contributed by atoms with Gasteiger partial charge in [-0.25, -0.2) is 0 Å². The number of hydrogen-bond donors (Lipinski definition) is 2. The molecule has 1 aromatic carbocycles. The van der Waals surface area contributed by atoms with Crippen LogP contribution in [0.25, 0.3) is 10.9 Å². The molecule has 4 heteroatoms. The number of hydrogen-bond acceptors (Lipinski definition) is 4. The summed E-state index contributed by atoms with van der Waals surface area (Å²) in [6.07, 6.45) is 2.46. The highest BCUT2D eigenvalue weighted by molar-refractivity contribution is 5.78. The first-order chi connectivity index (χ1) is 9.76. The number of nitrogens with one attached hydrogen (secondary N) is 1. The number of hydrazine groups is 1. The van der Waals surface area contributed by atoms with Gasteiger partial charge < -0.3 is 4.42 Å². The molecule has 2 heterocycles. The van der Waals surface area contributed by atoms with Crippen LogP contribution in [0.2, 0.25) is 0 Å². The lowest BCUT2D eigenvalue weighted by atomic mass is 10.0. The third-order valence-electron chi connectivity index (χ3n) is 3.42. The Kier molecular flexibility index (Phi) is 3.50. The van der Waals surface area contributed by atoms with Crippen molar-refractivity contribution >= 4 is 10.9 Å². The van der Waals surface area contributed by atoms with Crippen molar-refractivity contribution in [1.29, 1.82) is 0 Å². The Morgan fingerprint density at radius 3 is 2.85 bits per heavy atom. The number of fused-ring (bicyclic) bond motifs is 1. The zero-order valence-corrected chi connectivity index (χ0v) is 11.3. The number of nitrogens with two attached hydrogens (primary N) is 1. The highest BCUT2D eigenvalue weighted by atomic mass is 16.3. The van der Waals surface area contributed by atoms with Gasteiger partial charge in [-0.05, 0) is 25.1 Å². The molecule has 0 bridgehead atoms. The molecule has 0 amide bonds. The number of rotatable bonds is 4. The summed E-state index contributed by atoms with van der Waals surface area (Å²) in [5.41, 5.74) is 5.88. The standard InChI is InChI=1S/C16H17N3O/c1-11-8-13(10-20-11)16(19-17)9-14-7-6-12-4-2-3-5-15(12)18-14/h2-8,10,16,19H,9,17H2,1H3.